The van der Waals surface area contributed by atoms with Gasteiger partial charge in [-0.1, -0.05) is 22.0 Å². The fourth-order valence-corrected chi connectivity index (χ4v) is 2.65. The Morgan fingerprint density at radius 1 is 1.37 bits per heavy atom. The SMILES string of the molecule is O=C1CC(CBr)CN1c1cccc(-n2cnnn2)c1. The third kappa shape index (κ3) is 2.37. The Labute approximate surface area is 118 Å². The van der Waals surface area contributed by atoms with E-state index >= 15 is 0 Å². The van der Waals surface area contributed by atoms with Crippen LogP contribution >= 0.6 is 15.9 Å². The largest absolute Gasteiger partial charge is 0.312 e. The number of anilines is 1. The molecule has 1 amide bonds. The van der Waals surface area contributed by atoms with Crippen molar-refractivity contribution in [3.05, 3.63) is 30.6 Å². The molecule has 98 valence electrons. The highest BCUT2D eigenvalue weighted by atomic mass is 79.9. The van der Waals surface area contributed by atoms with Gasteiger partial charge in [-0.05, 0) is 34.5 Å². The van der Waals surface area contributed by atoms with Crippen LogP contribution in [0.2, 0.25) is 0 Å². The number of amides is 1. The highest BCUT2D eigenvalue weighted by molar-refractivity contribution is 9.09. The zero-order chi connectivity index (χ0) is 13.2. The summed E-state index contributed by atoms with van der Waals surface area (Å²) >= 11 is 3.44. The second-order valence-electron chi connectivity index (χ2n) is 4.50. The van der Waals surface area contributed by atoms with E-state index < -0.39 is 0 Å². The summed E-state index contributed by atoms with van der Waals surface area (Å²) in [6.07, 6.45) is 2.13. The van der Waals surface area contributed by atoms with Gasteiger partial charge in [0.1, 0.15) is 6.33 Å². The molecule has 0 N–H and O–H groups in total. The highest BCUT2D eigenvalue weighted by Gasteiger charge is 2.29. The van der Waals surface area contributed by atoms with E-state index in [2.05, 4.69) is 31.5 Å². The van der Waals surface area contributed by atoms with Crippen LogP contribution in [-0.2, 0) is 4.79 Å². The van der Waals surface area contributed by atoms with Gasteiger partial charge in [0.15, 0.2) is 0 Å². The van der Waals surface area contributed by atoms with Crippen LogP contribution < -0.4 is 4.90 Å². The zero-order valence-corrected chi connectivity index (χ0v) is 11.7. The number of alkyl halides is 1. The van der Waals surface area contributed by atoms with Gasteiger partial charge in [-0.3, -0.25) is 4.79 Å². The molecule has 2 aromatic rings. The summed E-state index contributed by atoms with van der Waals surface area (Å²) in [7, 11) is 0. The van der Waals surface area contributed by atoms with Crippen molar-refractivity contribution in [2.45, 2.75) is 6.42 Å². The summed E-state index contributed by atoms with van der Waals surface area (Å²) in [5.74, 6) is 0.544. The smallest absolute Gasteiger partial charge is 0.227 e. The lowest BCUT2D eigenvalue weighted by Gasteiger charge is -2.17. The molecule has 2 heterocycles. The minimum atomic E-state index is 0.165. The van der Waals surface area contributed by atoms with Gasteiger partial charge < -0.3 is 4.90 Å². The monoisotopic (exact) mass is 321 g/mol. The molecule has 1 aromatic heterocycles. The lowest BCUT2D eigenvalue weighted by atomic mass is 10.2. The van der Waals surface area contributed by atoms with Gasteiger partial charge in [-0.25, -0.2) is 4.68 Å². The van der Waals surface area contributed by atoms with Crippen molar-refractivity contribution in [3.63, 3.8) is 0 Å². The number of tetrazole rings is 1. The number of hydrogen-bond donors (Lipinski definition) is 0. The first-order chi connectivity index (χ1) is 9.28. The van der Waals surface area contributed by atoms with Crippen LogP contribution in [0.5, 0.6) is 0 Å². The van der Waals surface area contributed by atoms with Crippen LogP contribution in [0.3, 0.4) is 0 Å². The number of rotatable bonds is 3. The molecule has 0 radical (unpaired) electrons. The van der Waals surface area contributed by atoms with E-state index in [9.17, 15) is 4.79 Å². The Bertz CT molecular complexity index is 586. The van der Waals surface area contributed by atoms with Gasteiger partial charge in [0.05, 0.1) is 5.69 Å². The molecule has 1 unspecified atom stereocenters. The summed E-state index contributed by atoms with van der Waals surface area (Å²) in [4.78, 5) is 13.8. The van der Waals surface area contributed by atoms with Gasteiger partial charge in [-0.15, -0.1) is 5.10 Å². The highest BCUT2D eigenvalue weighted by Crippen LogP contribution is 2.27. The fourth-order valence-electron chi connectivity index (χ4n) is 2.22. The molecule has 1 aliphatic rings. The fraction of sp³-hybridized carbons (Fsp3) is 0.333. The summed E-state index contributed by atoms with van der Waals surface area (Å²) in [5.41, 5.74) is 1.74. The molecule has 0 saturated carbocycles. The zero-order valence-electron chi connectivity index (χ0n) is 10.1. The standard InChI is InChI=1S/C12H12BrN5O/c13-6-9-4-12(19)17(7-9)10-2-1-3-11(5-10)18-8-14-15-16-18/h1-3,5,8-9H,4,6-7H2. The summed E-state index contributed by atoms with van der Waals surface area (Å²) in [5, 5.41) is 11.9. The quantitative estimate of drug-likeness (QED) is 0.802. The van der Waals surface area contributed by atoms with Crippen molar-refractivity contribution in [1.82, 2.24) is 20.2 Å². The second-order valence-corrected chi connectivity index (χ2v) is 5.15. The Kier molecular flexibility index (Phi) is 3.29. The predicted molar refractivity (Wildman–Crippen MR) is 73.4 cm³/mol. The first kappa shape index (κ1) is 12.3. The number of carbonyl (C=O) groups excluding carboxylic acids is 1. The third-order valence-corrected chi connectivity index (χ3v) is 4.09. The van der Waals surface area contributed by atoms with Crippen molar-refractivity contribution < 1.29 is 4.79 Å². The molecule has 0 aliphatic carbocycles. The van der Waals surface area contributed by atoms with Crippen LogP contribution in [0.25, 0.3) is 5.69 Å². The number of aromatic nitrogens is 4. The first-order valence-corrected chi connectivity index (χ1v) is 7.10. The van der Waals surface area contributed by atoms with E-state index in [1.54, 1.807) is 4.68 Å². The topological polar surface area (TPSA) is 63.9 Å². The molecule has 1 aromatic carbocycles. The van der Waals surface area contributed by atoms with E-state index in [1.807, 2.05) is 29.2 Å². The van der Waals surface area contributed by atoms with E-state index in [-0.39, 0.29) is 5.91 Å². The van der Waals surface area contributed by atoms with Crippen molar-refractivity contribution in [3.8, 4) is 5.69 Å². The lowest BCUT2D eigenvalue weighted by molar-refractivity contribution is -0.117. The third-order valence-electron chi connectivity index (χ3n) is 3.18. The molecule has 6 nitrogen and oxygen atoms in total. The van der Waals surface area contributed by atoms with E-state index in [0.29, 0.717) is 12.3 Å². The molecule has 1 saturated heterocycles. The molecule has 1 aliphatic heterocycles. The van der Waals surface area contributed by atoms with E-state index in [1.165, 1.54) is 6.33 Å². The number of halogens is 1. The minimum absolute atomic E-state index is 0.165. The molecule has 1 fully saturated rings. The summed E-state index contributed by atoms with van der Waals surface area (Å²) < 4.78 is 1.58. The van der Waals surface area contributed by atoms with Crippen molar-refractivity contribution in [2.75, 3.05) is 16.8 Å². The minimum Gasteiger partial charge on any atom is -0.312 e. The number of carbonyl (C=O) groups is 1. The van der Waals surface area contributed by atoms with Gasteiger partial charge in [0.2, 0.25) is 5.91 Å². The maximum atomic E-state index is 12.0. The molecule has 0 bridgehead atoms. The van der Waals surface area contributed by atoms with Crippen LogP contribution in [0.4, 0.5) is 5.69 Å². The van der Waals surface area contributed by atoms with Gasteiger partial charge in [0, 0.05) is 24.0 Å². The Morgan fingerprint density at radius 2 is 2.21 bits per heavy atom. The molecule has 19 heavy (non-hydrogen) atoms. The molecule has 1 atom stereocenters. The van der Waals surface area contributed by atoms with Gasteiger partial charge in [-0.2, -0.15) is 0 Å². The maximum absolute atomic E-state index is 12.0. The summed E-state index contributed by atoms with van der Waals surface area (Å²) in [6, 6.07) is 7.66. The predicted octanol–water partition coefficient (Wildman–Crippen LogP) is 1.41. The van der Waals surface area contributed by atoms with Crippen molar-refractivity contribution in [2.24, 2.45) is 5.92 Å². The van der Waals surface area contributed by atoms with Crippen LogP contribution in [0.1, 0.15) is 6.42 Å². The van der Waals surface area contributed by atoms with E-state index in [4.69, 9.17) is 0 Å². The van der Waals surface area contributed by atoms with Crippen LogP contribution in [0, 0.1) is 5.92 Å². The van der Waals surface area contributed by atoms with Crippen LogP contribution in [0.15, 0.2) is 30.6 Å². The number of nitrogens with zero attached hydrogens (tertiary/aromatic N) is 5. The normalized spacial score (nSPS) is 19.1. The molecule has 3 rings (SSSR count). The molecule has 7 heteroatoms. The summed E-state index contributed by atoms with van der Waals surface area (Å²) in [6.45, 7) is 0.753. The lowest BCUT2D eigenvalue weighted by Crippen LogP contribution is -2.24. The number of benzene rings is 1. The maximum Gasteiger partial charge on any atom is 0.227 e. The van der Waals surface area contributed by atoms with Gasteiger partial charge in [0.25, 0.3) is 0 Å². The van der Waals surface area contributed by atoms with Gasteiger partial charge >= 0.3 is 0 Å². The Balaban J connectivity index is 1.90. The Hall–Kier alpha value is -1.76. The van der Waals surface area contributed by atoms with Crippen molar-refractivity contribution >= 4 is 27.5 Å². The average Bonchev–Trinajstić information content (AvgIpc) is 3.08. The first-order valence-electron chi connectivity index (χ1n) is 5.97. The van der Waals surface area contributed by atoms with Crippen molar-refractivity contribution in [1.29, 1.82) is 0 Å². The molecule has 0 spiro atoms. The van der Waals surface area contributed by atoms with E-state index in [0.717, 1.165) is 23.2 Å². The second kappa shape index (κ2) is 5.08. The Morgan fingerprint density at radius 3 is 2.89 bits per heavy atom. The molecular weight excluding hydrogens is 310 g/mol. The number of hydrogen-bond acceptors (Lipinski definition) is 4. The average molecular weight is 322 g/mol. The molecular formula is C12H12BrN5O. The van der Waals surface area contributed by atoms with Crippen LogP contribution in [-0.4, -0.2) is 38.0 Å².